The van der Waals surface area contributed by atoms with E-state index in [1.807, 2.05) is 67.6 Å². The van der Waals surface area contributed by atoms with Gasteiger partial charge in [-0.25, -0.2) is 0 Å². The van der Waals surface area contributed by atoms with Crippen LogP contribution in [0.15, 0.2) is 78.9 Å². The van der Waals surface area contributed by atoms with Gasteiger partial charge in [0.05, 0.1) is 25.2 Å². The number of methoxy groups -OCH3 is 1. The Hall–Kier alpha value is -4.10. The van der Waals surface area contributed by atoms with Crippen molar-refractivity contribution in [3.05, 3.63) is 101 Å². The first kappa shape index (κ1) is 23.1. The highest BCUT2D eigenvalue weighted by atomic mass is 16.5. The van der Waals surface area contributed by atoms with E-state index in [0.717, 1.165) is 33.0 Å². The van der Waals surface area contributed by atoms with Crippen LogP contribution in [0, 0.1) is 11.3 Å². The van der Waals surface area contributed by atoms with Crippen LogP contribution in [0.3, 0.4) is 0 Å². The van der Waals surface area contributed by atoms with Crippen LogP contribution in [-0.2, 0) is 16.0 Å². The van der Waals surface area contributed by atoms with Crippen molar-refractivity contribution in [3.8, 4) is 22.9 Å². The first-order chi connectivity index (χ1) is 16.6. The molecule has 0 amide bonds. The summed E-state index contributed by atoms with van der Waals surface area (Å²) in [7, 11) is 1.63. The summed E-state index contributed by atoms with van der Waals surface area (Å²) in [6.45, 7) is 3.88. The number of ether oxygens (including phenoxy) is 2. The molecule has 1 unspecified atom stereocenters. The number of carbonyl (C=O) groups excluding carboxylic acids is 1. The van der Waals surface area contributed by atoms with Gasteiger partial charge < -0.3 is 9.47 Å². The van der Waals surface area contributed by atoms with Crippen LogP contribution in [-0.4, -0.2) is 19.7 Å². The minimum Gasteiger partial charge on any atom is -0.496 e. The van der Waals surface area contributed by atoms with Crippen molar-refractivity contribution in [2.75, 3.05) is 13.7 Å². The highest BCUT2D eigenvalue weighted by molar-refractivity contribution is 6.01. The van der Waals surface area contributed by atoms with Crippen LogP contribution in [0.1, 0.15) is 42.0 Å². The van der Waals surface area contributed by atoms with Crippen molar-refractivity contribution in [1.82, 2.24) is 0 Å². The molecule has 0 N–H and O–H groups in total. The summed E-state index contributed by atoms with van der Waals surface area (Å²) >= 11 is 0. The largest absolute Gasteiger partial charge is 0.496 e. The lowest BCUT2D eigenvalue weighted by atomic mass is 9.80. The second kappa shape index (κ2) is 10.2. The Morgan fingerprint density at radius 1 is 0.941 bits per heavy atom. The summed E-state index contributed by atoms with van der Waals surface area (Å²) in [6, 6.07) is 28.3. The summed E-state index contributed by atoms with van der Waals surface area (Å²) in [5.41, 5.74) is 4.97. The predicted molar refractivity (Wildman–Crippen MR) is 135 cm³/mol. The number of carbonyl (C=O) groups is 1. The van der Waals surface area contributed by atoms with E-state index in [1.165, 1.54) is 0 Å². The molecule has 0 spiro atoms. The number of rotatable bonds is 7. The molecule has 0 bridgehead atoms. The molecule has 0 saturated heterocycles. The van der Waals surface area contributed by atoms with Gasteiger partial charge in [0.1, 0.15) is 11.8 Å². The molecule has 0 fully saturated rings. The number of fused-ring (bicyclic) bond motifs is 1. The molecule has 4 aromatic rings. The lowest BCUT2D eigenvalue weighted by Crippen LogP contribution is -2.16. The SMILES string of the molecule is CCOC(=O)C(C)c1c(C#N)c(-c2ccccc2OC)c(Cc2ccccc2)c2ccccc12. The van der Waals surface area contributed by atoms with E-state index in [-0.39, 0.29) is 12.6 Å². The van der Waals surface area contributed by atoms with Crippen LogP contribution < -0.4 is 4.74 Å². The van der Waals surface area contributed by atoms with Crippen molar-refractivity contribution in [2.24, 2.45) is 0 Å². The number of nitrogens with zero attached hydrogens (tertiary/aromatic N) is 1. The van der Waals surface area contributed by atoms with Crippen molar-refractivity contribution in [1.29, 1.82) is 5.26 Å². The van der Waals surface area contributed by atoms with E-state index in [9.17, 15) is 10.1 Å². The molecule has 0 aliphatic rings. The van der Waals surface area contributed by atoms with Gasteiger partial charge in [0.2, 0.25) is 0 Å². The maximum absolute atomic E-state index is 12.8. The maximum Gasteiger partial charge on any atom is 0.313 e. The normalized spacial score (nSPS) is 11.6. The Kier molecular flexibility index (Phi) is 6.94. The summed E-state index contributed by atoms with van der Waals surface area (Å²) < 4.78 is 11.1. The molecule has 0 aliphatic heterocycles. The van der Waals surface area contributed by atoms with Crippen LogP contribution in [0.5, 0.6) is 5.75 Å². The molecule has 0 aliphatic carbocycles. The molecular weight excluding hydrogens is 422 g/mol. The predicted octanol–water partition coefficient (Wildman–Crippen LogP) is 6.64. The minimum absolute atomic E-state index is 0.286. The van der Waals surface area contributed by atoms with Crippen molar-refractivity contribution >= 4 is 16.7 Å². The van der Waals surface area contributed by atoms with Crippen LogP contribution in [0.2, 0.25) is 0 Å². The van der Waals surface area contributed by atoms with Gasteiger partial charge in [0.25, 0.3) is 0 Å². The van der Waals surface area contributed by atoms with E-state index < -0.39 is 5.92 Å². The fraction of sp³-hybridized carbons (Fsp3) is 0.200. The number of esters is 1. The number of nitriles is 1. The highest BCUT2D eigenvalue weighted by Crippen LogP contribution is 2.44. The second-order valence-corrected chi connectivity index (χ2v) is 8.14. The Bertz CT molecular complexity index is 1370. The summed E-state index contributed by atoms with van der Waals surface area (Å²) in [6.07, 6.45) is 0.636. The standard InChI is InChI=1S/C30H27NO3/c1-4-34-30(32)20(2)28-23-15-9-8-14-22(23)25(18-21-12-6-5-7-13-21)29(26(28)19-31)24-16-10-11-17-27(24)33-3/h5-17,20H,4,18H2,1-3H3. The molecule has 170 valence electrons. The molecule has 0 radical (unpaired) electrons. The van der Waals surface area contributed by atoms with Gasteiger partial charge in [-0.2, -0.15) is 5.26 Å². The highest BCUT2D eigenvalue weighted by Gasteiger charge is 2.28. The molecule has 34 heavy (non-hydrogen) atoms. The van der Waals surface area contributed by atoms with E-state index in [0.29, 0.717) is 23.3 Å². The molecule has 4 aromatic carbocycles. The fourth-order valence-electron chi connectivity index (χ4n) is 4.62. The van der Waals surface area contributed by atoms with Crippen LogP contribution in [0.4, 0.5) is 0 Å². The van der Waals surface area contributed by atoms with Crippen molar-refractivity contribution in [2.45, 2.75) is 26.2 Å². The zero-order chi connectivity index (χ0) is 24.1. The monoisotopic (exact) mass is 449 g/mol. The third-order valence-corrected chi connectivity index (χ3v) is 6.15. The summed E-state index contributed by atoms with van der Waals surface area (Å²) in [5, 5.41) is 12.4. The van der Waals surface area contributed by atoms with Gasteiger partial charge in [0, 0.05) is 11.1 Å². The number of benzene rings is 4. The van der Waals surface area contributed by atoms with Crippen molar-refractivity contribution < 1.29 is 14.3 Å². The molecule has 4 nitrogen and oxygen atoms in total. The lowest BCUT2D eigenvalue weighted by Gasteiger charge is -2.23. The smallest absolute Gasteiger partial charge is 0.313 e. The minimum atomic E-state index is -0.598. The maximum atomic E-state index is 12.8. The van der Waals surface area contributed by atoms with E-state index in [2.05, 4.69) is 24.3 Å². The number of hydrogen-bond acceptors (Lipinski definition) is 4. The average Bonchev–Trinajstić information content (AvgIpc) is 2.88. The first-order valence-corrected chi connectivity index (χ1v) is 11.4. The van der Waals surface area contributed by atoms with E-state index in [1.54, 1.807) is 14.0 Å². The zero-order valence-electron chi connectivity index (χ0n) is 19.7. The van der Waals surface area contributed by atoms with Gasteiger partial charge in [-0.15, -0.1) is 0 Å². The molecule has 4 heteroatoms. The van der Waals surface area contributed by atoms with Gasteiger partial charge in [-0.1, -0.05) is 72.8 Å². The van der Waals surface area contributed by atoms with Gasteiger partial charge in [-0.3, -0.25) is 4.79 Å². The average molecular weight is 450 g/mol. The van der Waals surface area contributed by atoms with Gasteiger partial charge in [-0.05, 0) is 53.8 Å². The topological polar surface area (TPSA) is 59.3 Å². The lowest BCUT2D eigenvalue weighted by molar-refractivity contribution is -0.144. The molecule has 1 atom stereocenters. The third kappa shape index (κ3) is 4.25. The number of hydrogen-bond donors (Lipinski definition) is 0. The van der Waals surface area contributed by atoms with Gasteiger partial charge in [0.15, 0.2) is 0 Å². The second-order valence-electron chi connectivity index (χ2n) is 8.14. The molecule has 4 rings (SSSR count). The van der Waals surface area contributed by atoms with Crippen LogP contribution >= 0.6 is 0 Å². The molecular formula is C30H27NO3. The van der Waals surface area contributed by atoms with E-state index in [4.69, 9.17) is 9.47 Å². The zero-order valence-corrected chi connectivity index (χ0v) is 19.7. The third-order valence-electron chi connectivity index (χ3n) is 6.15. The van der Waals surface area contributed by atoms with E-state index >= 15 is 0 Å². The van der Waals surface area contributed by atoms with Crippen molar-refractivity contribution in [3.63, 3.8) is 0 Å². The Balaban J connectivity index is 2.14. The Morgan fingerprint density at radius 3 is 2.26 bits per heavy atom. The Labute approximate surface area is 200 Å². The Morgan fingerprint density at radius 2 is 1.59 bits per heavy atom. The fourth-order valence-corrected chi connectivity index (χ4v) is 4.62. The van der Waals surface area contributed by atoms with Crippen LogP contribution in [0.25, 0.3) is 21.9 Å². The quantitative estimate of drug-likeness (QED) is 0.297. The molecule has 0 saturated carbocycles. The molecule has 0 aromatic heterocycles. The number of para-hydroxylation sites is 1. The first-order valence-electron chi connectivity index (χ1n) is 11.4. The molecule has 0 heterocycles. The summed E-state index contributed by atoms with van der Waals surface area (Å²) in [4.78, 5) is 12.8. The van der Waals surface area contributed by atoms with Gasteiger partial charge >= 0.3 is 5.97 Å². The summed E-state index contributed by atoms with van der Waals surface area (Å²) in [5.74, 6) is -0.261.